The van der Waals surface area contributed by atoms with Gasteiger partial charge in [0.25, 0.3) is 0 Å². The molecule has 1 fully saturated rings. The van der Waals surface area contributed by atoms with E-state index in [9.17, 15) is 0 Å². The lowest BCUT2D eigenvalue weighted by molar-refractivity contribution is 0.219. The molecule has 0 spiro atoms. The molecule has 0 aromatic heterocycles. The van der Waals surface area contributed by atoms with Gasteiger partial charge in [-0.05, 0) is 48.1 Å². The number of ether oxygens (including phenoxy) is 1. The number of fused-ring (bicyclic) bond motifs is 1. The molecule has 0 radical (unpaired) electrons. The summed E-state index contributed by atoms with van der Waals surface area (Å²) in [4.78, 5) is 0. The second-order valence-electron chi connectivity index (χ2n) is 4.99. The number of halogens is 1. The number of rotatable bonds is 3. The number of benzene rings is 1. The molecule has 0 bridgehead atoms. The van der Waals surface area contributed by atoms with Crippen LogP contribution in [0.25, 0.3) is 0 Å². The van der Waals surface area contributed by atoms with Crippen LogP contribution in [0.1, 0.15) is 18.4 Å². The molecule has 2 aliphatic heterocycles. The van der Waals surface area contributed by atoms with Gasteiger partial charge in [0, 0.05) is 24.0 Å². The first-order valence-corrected chi connectivity index (χ1v) is 8.11. The maximum absolute atomic E-state index is 6.00. The van der Waals surface area contributed by atoms with Gasteiger partial charge in [-0.15, -0.1) is 0 Å². The normalized spacial score (nSPS) is 23.7. The van der Waals surface area contributed by atoms with Crippen LogP contribution in [0.3, 0.4) is 0 Å². The van der Waals surface area contributed by atoms with Crippen LogP contribution in [0.4, 0.5) is 0 Å². The highest BCUT2D eigenvalue weighted by Gasteiger charge is 2.24. The molecule has 18 heavy (non-hydrogen) atoms. The molecule has 2 heterocycles. The Balaban J connectivity index is 1.51. The maximum atomic E-state index is 6.00. The van der Waals surface area contributed by atoms with Crippen LogP contribution in [-0.4, -0.2) is 30.2 Å². The van der Waals surface area contributed by atoms with Crippen molar-refractivity contribution in [3.05, 3.63) is 28.8 Å². The first-order chi connectivity index (χ1) is 8.81. The van der Waals surface area contributed by atoms with E-state index in [1.807, 2.05) is 18.2 Å². The molecule has 4 heteroatoms. The van der Waals surface area contributed by atoms with Crippen molar-refractivity contribution in [2.75, 3.05) is 18.1 Å². The fraction of sp³-hybridized carbons (Fsp3) is 0.571. The topological polar surface area (TPSA) is 21.3 Å². The van der Waals surface area contributed by atoms with E-state index >= 15 is 0 Å². The number of nitrogens with one attached hydrogen (secondary N) is 1. The highest BCUT2D eigenvalue weighted by molar-refractivity contribution is 7.99. The van der Waals surface area contributed by atoms with Gasteiger partial charge in [-0.3, -0.25) is 0 Å². The molecule has 2 nitrogen and oxygen atoms in total. The van der Waals surface area contributed by atoms with Crippen molar-refractivity contribution in [3.63, 3.8) is 0 Å². The molecule has 0 saturated carbocycles. The van der Waals surface area contributed by atoms with Crippen molar-refractivity contribution in [1.29, 1.82) is 0 Å². The molecule has 1 aromatic rings. The van der Waals surface area contributed by atoms with E-state index in [2.05, 4.69) is 17.1 Å². The van der Waals surface area contributed by atoms with Crippen LogP contribution in [-0.2, 0) is 6.42 Å². The van der Waals surface area contributed by atoms with Crippen molar-refractivity contribution in [1.82, 2.24) is 5.32 Å². The molecular formula is C14H18ClNOS. The Kier molecular flexibility index (Phi) is 4.02. The van der Waals surface area contributed by atoms with Gasteiger partial charge in [-0.1, -0.05) is 11.6 Å². The number of hydrogen-bond donors (Lipinski definition) is 1. The average Bonchev–Trinajstić information content (AvgIpc) is 2.79. The van der Waals surface area contributed by atoms with Gasteiger partial charge < -0.3 is 10.1 Å². The Morgan fingerprint density at radius 3 is 3.00 bits per heavy atom. The Morgan fingerprint density at radius 2 is 2.17 bits per heavy atom. The first kappa shape index (κ1) is 12.6. The van der Waals surface area contributed by atoms with Gasteiger partial charge in [0.2, 0.25) is 0 Å². The van der Waals surface area contributed by atoms with Crippen molar-refractivity contribution in [2.24, 2.45) is 0 Å². The summed E-state index contributed by atoms with van der Waals surface area (Å²) in [6.45, 7) is 0.946. The number of hydrogen-bond acceptors (Lipinski definition) is 3. The highest BCUT2D eigenvalue weighted by atomic mass is 35.5. The Morgan fingerprint density at radius 1 is 1.33 bits per heavy atom. The minimum Gasteiger partial charge on any atom is -0.488 e. The molecule has 0 amide bonds. The summed E-state index contributed by atoms with van der Waals surface area (Å²) in [5.74, 6) is 3.59. The molecule has 1 atom stereocenters. The van der Waals surface area contributed by atoms with Gasteiger partial charge in [0.15, 0.2) is 0 Å². The predicted octanol–water partition coefficient (Wildman–Crippen LogP) is 3.13. The monoisotopic (exact) mass is 283 g/mol. The molecule has 1 saturated heterocycles. The minimum absolute atomic E-state index is 0.271. The SMILES string of the molecule is Clc1ccc2c(c1)CC(CNC1CCSCC1)O2. The van der Waals surface area contributed by atoms with Crippen LogP contribution in [0.2, 0.25) is 5.02 Å². The van der Waals surface area contributed by atoms with Crippen molar-refractivity contribution in [3.8, 4) is 5.75 Å². The van der Waals surface area contributed by atoms with Crippen molar-refractivity contribution in [2.45, 2.75) is 31.4 Å². The molecule has 3 rings (SSSR count). The fourth-order valence-electron chi connectivity index (χ4n) is 2.60. The Hall–Kier alpha value is -0.380. The standard InChI is InChI=1S/C14H18ClNOS/c15-11-1-2-14-10(7-11)8-13(17-14)9-16-12-3-5-18-6-4-12/h1-2,7,12-13,16H,3-6,8-9H2. The van der Waals surface area contributed by atoms with E-state index < -0.39 is 0 Å². The lowest BCUT2D eigenvalue weighted by Gasteiger charge is -2.24. The zero-order valence-electron chi connectivity index (χ0n) is 10.3. The quantitative estimate of drug-likeness (QED) is 0.921. The fourth-order valence-corrected chi connectivity index (χ4v) is 3.90. The van der Waals surface area contributed by atoms with E-state index in [1.54, 1.807) is 0 Å². The summed E-state index contributed by atoms with van der Waals surface area (Å²) >= 11 is 8.06. The van der Waals surface area contributed by atoms with Crippen LogP contribution in [0.5, 0.6) is 5.75 Å². The summed E-state index contributed by atoms with van der Waals surface area (Å²) in [5.41, 5.74) is 1.24. The van der Waals surface area contributed by atoms with Gasteiger partial charge in [0.05, 0.1) is 0 Å². The van der Waals surface area contributed by atoms with E-state index in [-0.39, 0.29) is 6.10 Å². The molecule has 0 aliphatic carbocycles. The van der Waals surface area contributed by atoms with E-state index in [0.29, 0.717) is 6.04 Å². The largest absolute Gasteiger partial charge is 0.488 e. The molecule has 1 N–H and O–H groups in total. The highest BCUT2D eigenvalue weighted by Crippen LogP contribution is 2.31. The van der Waals surface area contributed by atoms with Crippen molar-refractivity contribution >= 4 is 23.4 Å². The molecule has 2 aliphatic rings. The van der Waals surface area contributed by atoms with Crippen LogP contribution >= 0.6 is 23.4 Å². The van der Waals surface area contributed by atoms with E-state index in [4.69, 9.17) is 16.3 Å². The second-order valence-corrected chi connectivity index (χ2v) is 6.65. The summed E-state index contributed by atoms with van der Waals surface area (Å²) < 4.78 is 5.93. The first-order valence-electron chi connectivity index (χ1n) is 6.57. The van der Waals surface area contributed by atoms with E-state index in [1.165, 1.54) is 29.9 Å². The van der Waals surface area contributed by atoms with Gasteiger partial charge >= 0.3 is 0 Å². The molecule has 98 valence electrons. The minimum atomic E-state index is 0.271. The van der Waals surface area contributed by atoms with Gasteiger partial charge in [-0.2, -0.15) is 11.8 Å². The van der Waals surface area contributed by atoms with Crippen molar-refractivity contribution < 1.29 is 4.74 Å². The van der Waals surface area contributed by atoms with Gasteiger partial charge in [-0.25, -0.2) is 0 Å². The van der Waals surface area contributed by atoms with Gasteiger partial charge in [0.1, 0.15) is 11.9 Å². The van der Waals surface area contributed by atoms with Crippen LogP contribution in [0.15, 0.2) is 18.2 Å². The zero-order chi connectivity index (χ0) is 12.4. The third-order valence-corrected chi connectivity index (χ3v) is 4.90. The summed E-state index contributed by atoms with van der Waals surface area (Å²) in [6, 6.07) is 6.58. The number of thioether (sulfide) groups is 1. The third-order valence-electron chi connectivity index (χ3n) is 3.62. The Bertz CT molecular complexity index is 420. The van der Waals surface area contributed by atoms with Crippen LogP contribution < -0.4 is 10.1 Å². The zero-order valence-corrected chi connectivity index (χ0v) is 11.9. The van der Waals surface area contributed by atoms with Crippen LogP contribution in [0, 0.1) is 0 Å². The molecule has 1 aromatic carbocycles. The average molecular weight is 284 g/mol. The lowest BCUT2D eigenvalue weighted by Crippen LogP contribution is -2.39. The van der Waals surface area contributed by atoms with E-state index in [0.717, 1.165) is 23.7 Å². The lowest BCUT2D eigenvalue weighted by atomic mass is 10.1. The summed E-state index contributed by atoms with van der Waals surface area (Å²) in [6.07, 6.45) is 3.82. The molecule has 1 unspecified atom stereocenters. The third kappa shape index (κ3) is 2.95. The summed E-state index contributed by atoms with van der Waals surface area (Å²) in [7, 11) is 0. The maximum Gasteiger partial charge on any atom is 0.123 e. The second kappa shape index (κ2) is 5.72. The predicted molar refractivity (Wildman–Crippen MR) is 77.9 cm³/mol. The Labute approximate surface area is 117 Å². The molecular weight excluding hydrogens is 266 g/mol. The smallest absolute Gasteiger partial charge is 0.123 e. The summed E-state index contributed by atoms with van der Waals surface area (Å²) in [5, 5.41) is 4.44.